The van der Waals surface area contributed by atoms with Crippen LogP contribution in [0.2, 0.25) is 0 Å². The topological polar surface area (TPSA) is 106 Å². The minimum atomic E-state index is -3.70. The van der Waals surface area contributed by atoms with E-state index in [1.807, 2.05) is 20.8 Å². The maximum absolute atomic E-state index is 12.7. The van der Waals surface area contributed by atoms with Crippen molar-refractivity contribution < 1.29 is 27.2 Å². The third-order valence-corrected chi connectivity index (χ3v) is 6.20. The van der Waals surface area contributed by atoms with Crippen LogP contribution in [0.3, 0.4) is 0 Å². The Morgan fingerprint density at radius 3 is 2.30 bits per heavy atom. The van der Waals surface area contributed by atoms with E-state index in [9.17, 15) is 18.0 Å². The minimum absolute atomic E-state index is 0.142. The molecule has 2 aromatic rings. The number of piperidine rings is 1. The van der Waals surface area contributed by atoms with Crippen LogP contribution in [-0.2, 0) is 14.8 Å². The lowest BCUT2D eigenvalue weighted by Gasteiger charge is -2.33. The summed E-state index contributed by atoms with van der Waals surface area (Å²) in [6.07, 6.45) is 1.25. The summed E-state index contributed by atoms with van der Waals surface area (Å²) in [6, 6.07) is 9.21. The van der Waals surface area contributed by atoms with E-state index >= 15 is 0 Å². The fourth-order valence-corrected chi connectivity index (χ4v) is 4.47. The largest absolute Gasteiger partial charge is 0.453 e. The Bertz CT molecular complexity index is 997. The van der Waals surface area contributed by atoms with Gasteiger partial charge in [0.2, 0.25) is 10.0 Å². The fraction of sp³-hybridized carbons (Fsp3) is 0.429. The van der Waals surface area contributed by atoms with E-state index in [0.29, 0.717) is 43.5 Å². The number of nitrogens with zero attached hydrogens (tertiary/aromatic N) is 1. The Balaban J connectivity index is 1.59. The molecule has 2 heterocycles. The molecule has 1 aromatic carbocycles. The number of aldehydes is 1. The van der Waals surface area contributed by atoms with Gasteiger partial charge in [0.1, 0.15) is 11.4 Å². The minimum Gasteiger partial charge on any atom is -0.453 e. The van der Waals surface area contributed by atoms with Gasteiger partial charge in [0, 0.05) is 24.7 Å². The van der Waals surface area contributed by atoms with Crippen LogP contribution in [-0.4, -0.2) is 50.4 Å². The number of sulfonamides is 1. The van der Waals surface area contributed by atoms with Gasteiger partial charge in [0.25, 0.3) is 0 Å². The molecule has 1 saturated heterocycles. The fourth-order valence-electron chi connectivity index (χ4n) is 3.16. The predicted octanol–water partition coefficient (Wildman–Crippen LogP) is 3.44. The lowest BCUT2D eigenvalue weighted by Crippen LogP contribution is -2.47. The highest BCUT2D eigenvalue weighted by Crippen LogP contribution is 2.24. The van der Waals surface area contributed by atoms with Gasteiger partial charge in [0.05, 0.1) is 4.90 Å². The van der Waals surface area contributed by atoms with Crippen LogP contribution in [0.4, 0.5) is 4.79 Å². The molecule has 0 spiro atoms. The molecule has 0 bridgehead atoms. The Morgan fingerprint density at radius 2 is 1.77 bits per heavy atom. The monoisotopic (exact) mass is 434 g/mol. The lowest BCUT2D eigenvalue weighted by atomic mass is 10.1. The molecule has 162 valence electrons. The van der Waals surface area contributed by atoms with Gasteiger partial charge in [0.15, 0.2) is 12.0 Å². The van der Waals surface area contributed by atoms with E-state index < -0.39 is 15.6 Å². The average molecular weight is 435 g/mol. The van der Waals surface area contributed by atoms with Crippen LogP contribution in [0.25, 0.3) is 11.3 Å². The van der Waals surface area contributed by atoms with E-state index in [1.54, 1.807) is 29.2 Å². The molecule has 1 aliphatic rings. The van der Waals surface area contributed by atoms with Gasteiger partial charge < -0.3 is 14.1 Å². The third-order valence-electron chi connectivity index (χ3n) is 4.66. The van der Waals surface area contributed by atoms with Crippen molar-refractivity contribution in [3.8, 4) is 11.3 Å². The molecule has 1 fully saturated rings. The van der Waals surface area contributed by atoms with Gasteiger partial charge in [-0.25, -0.2) is 17.9 Å². The molecule has 0 atom stereocenters. The Morgan fingerprint density at radius 1 is 1.13 bits per heavy atom. The quantitative estimate of drug-likeness (QED) is 0.723. The van der Waals surface area contributed by atoms with Gasteiger partial charge in [-0.05, 0) is 70.0 Å². The van der Waals surface area contributed by atoms with Crippen LogP contribution in [0.15, 0.2) is 45.7 Å². The zero-order chi connectivity index (χ0) is 21.9. The molecule has 1 N–H and O–H groups in total. The summed E-state index contributed by atoms with van der Waals surface area (Å²) < 4.78 is 38.9. The van der Waals surface area contributed by atoms with E-state index in [2.05, 4.69) is 4.72 Å². The number of hydrogen-bond donors (Lipinski definition) is 1. The number of nitrogens with one attached hydrogen (secondary N) is 1. The van der Waals surface area contributed by atoms with Crippen molar-refractivity contribution in [3.63, 3.8) is 0 Å². The highest BCUT2D eigenvalue weighted by atomic mass is 32.2. The molecule has 0 saturated carbocycles. The van der Waals surface area contributed by atoms with Crippen molar-refractivity contribution >= 4 is 22.4 Å². The molecule has 0 radical (unpaired) electrons. The van der Waals surface area contributed by atoms with E-state index in [0.717, 1.165) is 0 Å². The summed E-state index contributed by atoms with van der Waals surface area (Å²) in [4.78, 5) is 24.6. The normalized spacial score (nSPS) is 15.8. The number of carbonyl (C=O) groups is 2. The predicted molar refractivity (Wildman–Crippen MR) is 111 cm³/mol. The van der Waals surface area contributed by atoms with Crippen LogP contribution >= 0.6 is 0 Å². The summed E-state index contributed by atoms with van der Waals surface area (Å²) in [5.41, 5.74) is 0.110. The highest BCUT2D eigenvalue weighted by molar-refractivity contribution is 7.89. The zero-order valence-electron chi connectivity index (χ0n) is 17.3. The molecule has 9 heteroatoms. The van der Waals surface area contributed by atoms with Crippen molar-refractivity contribution in [2.75, 3.05) is 13.1 Å². The molecule has 1 aliphatic heterocycles. The second-order valence-electron chi connectivity index (χ2n) is 8.21. The number of rotatable bonds is 5. The summed E-state index contributed by atoms with van der Waals surface area (Å²) in [7, 11) is -3.70. The van der Waals surface area contributed by atoms with Crippen molar-refractivity contribution in [3.05, 3.63) is 42.2 Å². The standard InChI is InChI=1S/C21H26N2O6S/c1-21(2,3)29-20(25)23-12-10-16(11-13-23)22-30(26,27)18-7-4-15(5-8-18)19-9-6-17(14-24)28-19/h4-9,14,16,22H,10-13H2,1-3H3. The zero-order valence-corrected chi connectivity index (χ0v) is 18.1. The van der Waals surface area contributed by atoms with Crippen molar-refractivity contribution in [2.45, 2.75) is 50.2 Å². The molecule has 30 heavy (non-hydrogen) atoms. The molecule has 1 aromatic heterocycles. The summed E-state index contributed by atoms with van der Waals surface area (Å²) in [5.74, 6) is 0.699. The van der Waals surface area contributed by atoms with Crippen molar-refractivity contribution in [1.82, 2.24) is 9.62 Å². The van der Waals surface area contributed by atoms with Crippen LogP contribution in [0, 0.1) is 0 Å². The smallest absolute Gasteiger partial charge is 0.410 e. The maximum Gasteiger partial charge on any atom is 0.410 e. The first-order chi connectivity index (χ1) is 14.1. The molecule has 1 amide bonds. The first-order valence-corrected chi connectivity index (χ1v) is 11.2. The SMILES string of the molecule is CC(C)(C)OC(=O)N1CCC(NS(=O)(=O)c2ccc(-c3ccc(C=O)o3)cc2)CC1. The third kappa shape index (κ3) is 5.48. The maximum atomic E-state index is 12.7. The lowest BCUT2D eigenvalue weighted by molar-refractivity contribution is 0.0203. The number of benzene rings is 1. The van der Waals surface area contributed by atoms with E-state index in [4.69, 9.17) is 9.15 Å². The molecule has 0 aliphatic carbocycles. The second kappa shape index (κ2) is 8.61. The molecule has 3 rings (SSSR count). The van der Waals surface area contributed by atoms with Gasteiger partial charge in [-0.3, -0.25) is 4.79 Å². The molecular formula is C21H26N2O6S. The number of ether oxygens (including phenoxy) is 1. The van der Waals surface area contributed by atoms with Crippen LogP contribution in [0.1, 0.15) is 44.2 Å². The first-order valence-electron chi connectivity index (χ1n) is 9.73. The van der Waals surface area contributed by atoms with Crippen LogP contribution < -0.4 is 4.72 Å². The molecular weight excluding hydrogens is 408 g/mol. The Labute approximate surface area is 176 Å². The number of carbonyl (C=O) groups excluding carboxylic acids is 2. The number of furan rings is 1. The first kappa shape index (κ1) is 22.0. The van der Waals surface area contributed by atoms with Crippen molar-refractivity contribution in [1.29, 1.82) is 0 Å². The van der Waals surface area contributed by atoms with Crippen LogP contribution in [0.5, 0.6) is 0 Å². The van der Waals surface area contributed by atoms with Gasteiger partial charge >= 0.3 is 6.09 Å². The van der Waals surface area contributed by atoms with Crippen molar-refractivity contribution in [2.24, 2.45) is 0 Å². The summed E-state index contributed by atoms with van der Waals surface area (Å²) >= 11 is 0. The highest BCUT2D eigenvalue weighted by Gasteiger charge is 2.29. The van der Waals surface area contributed by atoms with E-state index in [1.165, 1.54) is 12.1 Å². The summed E-state index contributed by atoms with van der Waals surface area (Å²) in [6.45, 7) is 6.29. The second-order valence-corrected chi connectivity index (χ2v) is 9.92. The molecule has 0 unspecified atom stereocenters. The van der Waals surface area contributed by atoms with Gasteiger partial charge in [-0.1, -0.05) is 0 Å². The number of amides is 1. The molecule has 8 nitrogen and oxygen atoms in total. The average Bonchev–Trinajstić information content (AvgIpc) is 3.16. The van der Waals surface area contributed by atoms with Gasteiger partial charge in [-0.15, -0.1) is 0 Å². The Hall–Kier alpha value is -2.65. The number of likely N-dealkylation sites (tertiary alicyclic amines) is 1. The van der Waals surface area contributed by atoms with Gasteiger partial charge in [-0.2, -0.15) is 0 Å². The van der Waals surface area contributed by atoms with E-state index in [-0.39, 0.29) is 22.8 Å². The Kier molecular flexibility index (Phi) is 6.33. The summed E-state index contributed by atoms with van der Waals surface area (Å²) in [5, 5.41) is 0. The number of hydrogen-bond acceptors (Lipinski definition) is 6.